The minimum Gasteiger partial charge on any atom is -0.301 e. The summed E-state index contributed by atoms with van der Waals surface area (Å²) in [5.41, 5.74) is 2.08. The molecule has 0 unspecified atom stereocenters. The molecule has 9 heteroatoms. The van der Waals surface area contributed by atoms with Gasteiger partial charge in [0.2, 0.25) is 15.9 Å². The largest absolute Gasteiger partial charge is 0.301 e. The molecule has 1 aromatic carbocycles. The van der Waals surface area contributed by atoms with Crippen LogP contribution in [0.25, 0.3) is 11.3 Å². The fraction of sp³-hybridized carbons (Fsp3) is 0.286. The van der Waals surface area contributed by atoms with Crippen molar-refractivity contribution in [1.29, 1.82) is 0 Å². The lowest BCUT2D eigenvalue weighted by Gasteiger charge is -2.04. The monoisotopic (exact) mass is 371 g/mol. The minimum atomic E-state index is -3.28. The second-order valence-corrected chi connectivity index (χ2v) is 8.56. The number of aromatic nitrogens is 1. The maximum absolute atomic E-state index is 11.7. The zero-order valence-electron chi connectivity index (χ0n) is 12.7. The van der Waals surface area contributed by atoms with Crippen LogP contribution in [-0.4, -0.2) is 37.1 Å². The molecule has 0 atom stereocenters. The van der Waals surface area contributed by atoms with Gasteiger partial charge >= 0.3 is 0 Å². The van der Waals surface area contributed by atoms with Gasteiger partial charge in [-0.3, -0.25) is 9.52 Å². The summed E-state index contributed by atoms with van der Waals surface area (Å²) in [6.45, 7) is 2.00. The topological polar surface area (TPSA) is 88.2 Å². The molecule has 2 N–H and O–H groups in total. The van der Waals surface area contributed by atoms with Crippen LogP contribution in [0.2, 0.25) is 0 Å². The Morgan fingerprint density at radius 2 is 2.00 bits per heavy atom. The third kappa shape index (κ3) is 5.85. The van der Waals surface area contributed by atoms with E-state index >= 15 is 0 Å². The first-order valence-corrected chi connectivity index (χ1v) is 10.7. The standard InChI is InChI=1S/C14H17N3O3S3/c1-3-21-9-13(18)16-14-15-12(8-22-14)10-4-6-11(7-5-10)17-23(2,19)20/h4-8,17H,3,9H2,1-2H3,(H,15,16,18). The summed E-state index contributed by atoms with van der Waals surface area (Å²) >= 11 is 2.91. The molecule has 0 bridgehead atoms. The molecule has 0 aliphatic heterocycles. The molecule has 0 spiro atoms. The highest BCUT2D eigenvalue weighted by Crippen LogP contribution is 2.26. The molecular weight excluding hydrogens is 354 g/mol. The lowest BCUT2D eigenvalue weighted by atomic mass is 10.1. The van der Waals surface area contributed by atoms with E-state index in [1.807, 2.05) is 12.3 Å². The fourth-order valence-corrected chi connectivity index (χ4v) is 3.50. The number of carbonyl (C=O) groups is 1. The second-order valence-electron chi connectivity index (χ2n) is 4.67. The van der Waals surface area contributed by atoms with Gasteiger partial charge in [-0.05, 0) is 17.9 Å². The van der Waals surface area contributed by atoms with E-state index in [4.69, 9.17) is 0 Å². The molecule has 1 heterocycles. The van der Waals surface area contributed by atoms with Crippen LogP contribution in [-0.2, 0) is 14.8 Å². The third-order valence-electron chi connectivity index (χ3n) is 2.67. The first kappa shape index (κ1) is 17.8. The van der Waals surface area contributed by atoms with E-state index in [1.165, 1.54) is 11.3 Å². The normalized spacial score (nSPS) is 11.2. The average Bonchev–Trinajstić information content (AvgIpc) is 2.92. The molecule has 2 aromatic rings. The van der Waals surface area contributed by atoms with E-state index in [0.717, 1.165) is 23.3 Å². The molecule has 124 valence electrons. The van der Waals surface area contributed by atoms with Crippen molar-refractivity contribution in [3.05, 3.63) is 29.6 Å². The molecule has 2 rings (SSSR count). The van der Waals surface area contributed by atoms with Crippen molar-refractivity contribution in [2.75, 3.05) is 27.8 Å². The average molecular weight is 372 g/mol. The first-order chi connectivity index (χ1) is 10.9. The summed E-state index contributed by atoms with van der Waals surface area (Å²) in [6, 6.07) is 6.90. The number of benzene rings is 1. The second kappa shape index (κ2) is 7.80. The van der Waals surface area contributed by atoms with Gasteiger partial charge in [-0.15, -0.1) is 11.3 Å². The number of nitrogens with one attached hydrogen (secondary N) is 2. The van der Waals surface area contributed by atoms with Crippen LogP contribution in [0.3, 0.4) is 0 Å². The predicted octanol–water partition coefficient (Wildman–Crippen LogP) is 2.87. The van der Waals surface area contributed by atoms with Gasteiger partial charge in [-0.25, -0.2) is 13.4 Å². The maximum atomic E-state index is 11.7. The summed E-state index contributed by atoms with van der Waals surface area (Å²) in [5, 5.41) is 5.17. The lowest BCUT2D eigenvalue weighted by Crippen LogP contribution is -2.13. The van der Waals surface area contributed by atoms with Crippen molar-refractivity contribution in [2.45, 2.75) is 6.92 Å². The highest BCUT2D eigenvalue weighted by molar-refractivity contribution is 7.99. The Morgan fingerprint density at radius 3 is 2.61 bits per heavy atom. The molecule has 0 radical (unpaired) electrons. The summed E-state index contributed by atoms with van der Waals surface area (Å²) in [6.07, 6.45) is 1.10. The predicted molar refractivity (Wildman–Crippen MR) is 97.6 cm³/mol. The van der Waals surface area contributed by atoms with Gasteiger partial charge in [0.1, 0.15) is 0 Å². The SMILES string of the molecule is CCSCC(=O)Nc1nc(-c2ccc(NS(C)(=O)=O)cc2)cs1. The van der Waals surface area contributed by atoms with Crippen molar-refractivity contribution >= 4 is 49.8 Å². The zero-order valence-corrected chi connectivity index (χ0v) is 15.1. The number of thiazole rings is 1. The number of rotatable bonds is 7. The molecule has 0 saturated carbocycles. The number of anilines is 2. The molecule has 0 aliphatic rings. The number of nitrogens with zero attached hydrogens (tertiary/aromatic N) is 1. The number of hydrogen-bond acceptors (Lipinski definition) is 6. The molecule has 23 heavy (non-hydrogen) atoms. The van der Waals surface area contributed by atoms with Gasteiger partial charge in [0.15, 0.2) is 5.13 Å². The zero-order chi connectivity index (χ0) is 16.9. The van der Waals surface area contributed by atoms with E-state index in [9.17, 15) is 13.2 Å². The number of hydrogen-bond donors (Lipinski definition) is 2. The van der Waals surface area contributed by atoms with Crippen LogP contribution in [0.5, 0.6) is 0 Å². The van der Waals surface area contributed by atoms with Gasteiger partial charge in [-0.2, -0.15) is 11.8 Å². The van der Waals surface area contributed by atoms with Crippen LogP contribution in [0.15, 0.2) is 29.6 Å². The quantitative estimate of drug-likeness (QED) is 0.781. The van der Waals surface area contributed by atoms with Gasteiger partial charge < -0.3 is 5.32 Å². The Morgan fingerprint density at radius 1 is 1.30 bits per heavy atom. The lowest BCUT2D eigenvalue weighted by molar-refractivity contribution is -0.113. The van der Waals surface area contributed by atoms with Crippen LogP contribution in [0.1, 0.15) is 6.92 Å². The Bertz CT molecular complexity index is 770. The van der Waals surface area contributed by atoms with Crippen molar-refractivity contribution in [3.63, 3.8) is 0 Å². The number of sulfonamides is 1. The van der Waals surface area contributed by atoms with Crippen molar-refractivity contribution in [2.24, 2.45) is 0 Å². The van der Waals surface area contributed by atoms with Crippen molar-refractivity contribution < 1.29 is 13.2 Å². The van der Waals surface area contributed by atoms with E-state index < -0.39 is 10.0 Å². The minimum absolute atomic E-state index is 0.0644. The molecular formula is C14H17N3O3S3. The van der Waals surface area contributed by atoms with Gasteiger partial charge in [0, 0.05) is 16.6 Å². The summed E-state index contributed by atoms with van der Waals surface area (Å²) in [7, 11) is -3.28. The van der Waals surface area contributed by atoms with E-state index in [2.05, 4.69) is 15.0 Å². The van der Waals surface area contributed by atoms with E-state index in [-0.39, 0.29) is 5.91 Å². The summed E-state index contributed by atoms with van der Waals surface area (Å²) < 4.78 is 24.8. The summed E-state index contributed by atoms with van der Waals surface area (Å²) in [4.78, 5) is 16.0. The maximum Gasteiger partial charge on any atom is 0.236 e. The Hall–Kier alpha value is -1.58. The molecule has 0 fully saturated rings. The molecule has 6 nitrogen and oxygen atoms in total. The Labute approximate surface area is 143 Å². The van der Waals surface area contributed by atoms with Crippen molar-refractivity contribution in [3.8, 4) is 11.3 Å². The number of amides is 1. The molecule has 0 saturated heterocycles. The van der Waals surface area contributed by atoms with Gasteiger partial charge in [-0.1, -0.05) is 19.1 Å². The molecule has 0 aliphatic carbocycles. The third-order valence-corrected chi connectivity index (χ3v) is 4.91. The smallest absolute Gasteiger partial charge is 0.236 e. The Kier molecular flexibility index (Phi) is 6.03. The summed E-state index contributed by atoms with van der Waals surface area (Å²) in [5.74, 6) is 1.24. The van der Waals surface area contributed by atoms with Crippen LogP contribution in [0.4, 0.5) is 10.8 Å². The molecule has 1 aromatic heterocycles. The number of thioether (sulfide) groups is 1. The highest BCUT2D eigenvalue weighted by atomic mass is 32.2. The van der Waals surface area contributed by atoms with Crippen LogP contribution < -0.4 is 10.0 Å². The fourth-order valence-electron chi connectivity index (χ4n) is 1.74. The van der Waals surface area contributed by atoms with Gasteiger partial charge in [0.05, 0.1) is 17.7 Å². The van der Waals surface area contributed by atoms with Crippen LogP contribution in [0, 0.1) is 0 Å². The van der Waals surface area contributed by atoms with Crippen LogP contribution >= 0.6 is 23.1 Å². The Balaban J connectivity index is 2.04. The first-order valence-electron chi connectivity index (χ1n) is 6.78. The van der Waals surface area contributed by atoms with Gasteiger partial charge in [0.25, 0.3) is 0 Å². The number of carbonyl (C=O) groups excluding carboxylic acids is 1. The van der Waals surface area contributed by atoms with Crippen molar-refractivity contribution in [1.82, 2.24) is 4.98 Å². The molecule has 1 amide bonds. The highest BCUT2D eigenvalue weighted by Gasteiger charge is 2.08. The van der Waals surface area contributed by atoms with E-state index in [0.29, 0.717) is 16.6 Å². The van der Waals surface area contributed by atoms with E-state index in [1.54, 1.807) is 36.0 Å².